The number of carboxylic acid groups (broad SMARTS) is 1. The maximum atomic E-state index is 13.3. The summed E-state index contributed by atoms with van der Waals surface area (Å²) in [5, 5.41) is 36.1. The summed E-state index contributed by atoms with van der Waals surface area (Å²) in [7, 11) is 0. The number of carboxylic acids is 1. The fourth-order valence-electron chi connectivity index (χ4n) is 3.83. The maximum absolute atomic E-state index is 13.3. The van der Waals surface area contributed by atoms with E-state index in [2.05, 4.69) is 33.6 Å². The van der Waals surface area contributed by atoms with Gasteiger partial charge in [-0.1, -0.05) is 24.3 Å². The number of nitrogens with two attached hydrogens (primary N) is 3. The van der Waals surface area contributed by atoms with Gasteiger partial charge in [0.1, 0.15) is 29.6 Å². The van der Waals surface area contributed by atoms with Gasteiger partial charge in [0.05, 0.1) is 6.04 Å². The van der Waals surface area contributed by atoms with Crippen LogP contribution in [0.15, 0.2) is 53.5 Å². The van der Waals surface area contributed by atoms with Gasteiger partial charge in [-0.25, -0.2) is 4.79 Å². The Bertz CT molecular complexity index is 1240. The van der Waals surface area contributed by atoms with Crippen molar-refractivity contribution in [2.75, 3.05) is 12.3 Å². The van der Waals surface area contributed by atoms with Crippen molar-refractivity contribution in [1.29, 1.82) is 0 Å². The Kier molecular flexibility index (Phi) is 13.4. The smallest absolute Gasteiger partial charge is 0.326 e. The van der Waals surface area contributed by atoms with Crippen LogP contribution >= 0.6 is 12.6 Å². The summed E-state index contributed by atoms with van der Waals surface area (Å²) in [6.07, 6.45) is 0.427. The molecule has 2 aromatic carbocycles. The van der Waals surface area contributed by atoms with E-state index >= 15 is 0 Å². The third-order valence-electron chi connectivity index (χ3n) is 6.11. The van der Waals surface area contributed by atoms with Crippen LogP contribution in [0.4, 0.5) is 0 Å². The van der Waals surface area contributed by atoms with Crippen LogP contribution in [0.2, 0.25) is 0 Å². The monoisotopic (exact) mass is 603 g/mol. The van der Waals surface area contributed by atoms with Crippen molar-refractivity contribution < 1.29 is 34.5 Å². The zero-order valence-electron chi connectivity index (χ0n) is 22.8. The molecule has 228 valence electrons. The Labute approximate surface area is 248 Å². The predicted octanol–water partition coefficient (Wildman–Crippen LogP) is -1.27. The van der Waals surface area contributed by atoms with Crippen LogP contribution in [-0.4, -0.2) is 81.4 Å². The van der Waals surface area contributed by atoms with E-state index < -0.39 is 47.9 Å². The van der Waals surface area contributed by atoms with E-state index in [1.807, 2.05) is 0 Å². The fraction of sp³-hybridized carbons (Fsp3) is 0.370. The number of aliphatic carboxylic acids is 1. The van der Waals surface area contributed by atoms with Crippen LogP contribution in [0, 0.1) is 0 Å². The number of aromatic hydroxyl groups is 2. The van der Waals surface area contributed by atoms with E-state index in [-0.39, 0.29) is 55.4 Å². The lowest BCUT2D eigenvalue weighted by molar-refractivity contribution is -0.142. The lowest BCUT2D eigenvalue weighted by Crippen LogP contribution is -2.58. The number of hydrogen-bond acceptors (Lipinski definition) is 9. The molecule has 0 saturated heterocycles. The summed E-state index contributed by atoms with van der Waals surface area (Å²) in [5.74, 6) is -3.67. The molecular formula is C27H37N7O7S. The molecule has 0 aromatic heterocycles. The van der Waals surface area contributed by atoms with Crippen LogP contribution in [0.3, 0.4) is 0 Å². The Balaban J connectivity index is 2.13. The number of phenols is 2. The van der Waals surface area contributed by atoms with E-state index in [9.17, 15) is 34.5 Å². The fourth-order valence-corrected chi connectivity index (χ4v) is 4.09. The first-order valence-electron chi connectivity index (χ1n) is 13.0. The lowest BCUT2D eigenvalue weighted by Gasteiger charge is -2.24. The van der Waals surface area contributed by atoms with Gasteiger partial charge in [-0.15, -0.1) is 0 Å². The summed E-state index contributed by atoms with van der Waals surface area (Å²) in [5.41, 5.74) is 17.9. The van der Waals surface area contributed by atoms with Crippen molar-refractivity contribution in [3.63, 3.8) is 0 Å². The second-order valence-corrected chi connectivity index (χ2v) is 9.87. The highest BCUT2D eigenvalue weighted by atomic mass is 32.1. The first-order chi connectivity index (χ1) is 19.9. The third-order valence-corrected chi connectivity index (χ3v) is 6.48. The summed E-state index contributed by atoms with van der Waals surface area (Å²) in [6.45, 7) is 0.169. The molecular weight excluding hydrogens is 566 g/mol. The lowest BCUT2D eigenvalue weighted by atomic mass is 10.0. The number of nitrogens with one attached hydrogen (secondary N) is 3. The Morgan fingerprint density at radius 2 is 1.24 bits per heavy atom. The van der Waals surface area contributed by atoms with E-state index in [0.717, 1.165) is 0 Å². The van der Waals surface area contributed by atoms with Gasteiger partial charge in [-0.2, -0.15) is 12.6 Å². The molecule has 3 amide bonds. The van der Waals surface area contributed by atoms with Crippen molar-refractivity contribution in [2.45, 2.75) is 49.9 Å². The van der Waals surface area contributed by atoms with Gasteiger partial charge in [0, 0.05) is 18.7 Å². The number of aliphatic imine (C=N–C) groups is 1. The van der Waals surface area contributed by atoms with Crippen LogP contribution in [0.5, 0.6) is 11.5 Å². The SMILES string of the molecule is NC(N)=NCCCC(NC(=O)C(CS)NC(=O)C(Cc1ccc(O)cc1)NC(=O)C(N)Cc1ccc(O)cc1)C(=O)O. The third kappa shape index (κ3) is 11.5. The number of carbonyl (C=O) groups excluding carboxylic acids is 3. The minimum absolute atomic E-state index is 0.00671. The Morgan fingerprint density at radius 3 is 1.74 bits per heavy atom. The first-order valence-corrected chi connectivity index (χ1v) is 13.6. The molecule has 4 unspecified atom stereocenters. The van der Waals surface area contributed by atoms with E-state index in [1.54, 1.807) is 24.3 Å². The Morgan fingerprint density at radius 1 is 0.762 bits per heavy atom. The van der Waals surface area contributed by atoms with Crippen LogP contribution < -0.4 is 33.2 Å². The molecule has 0 fully saturated rings. The molecule has 2 rings (SSSR count). The molecule has 0 spiro atoms. The van der Waals surface area contributed by atoms with Gasteiger partial charge in [0.2, 0.25) is 17.7 Å². The van der Waals surface area contributed by atoms with E-state index in [0.29, 0.717) is 11.1 Å². The highest BCUT2D eigenvalue weighted by Crippen LogP contribution is 2.13. The van der Waals surface area contributed by atoms with Gasteiger partial charge in [-0.05, 0) is 54.7 Å². The number of carbonyl (C=O) groups is 4. The molecule has 0 aliphatic rings. The maximum Gasteiger partial charge on any atom is 0.326 e. The average Bonchev–Trinajstić information content (AvgIpc) is 2.94. The second kappa shape index (κ2) is 16.7. The average molecular weight is 604 g/mol. The van der Waals surface area contributed by atoms with Gasteiger partial charge in [-0.3, -0.25) is 19.4 Å². The highest BCUT2D eigenvalue weighted by Gasteiger charge is 2.30. The van der Waals surface area contributed by atoms with Crippen molar-refractivity contribution in [3.05, 3.63) is 59.7 Å². The zero-order valence-corrected chi connectivity index (χ0v) is 23.7. The van der Waals surface area contributed by atoms with Crippen LogP contribution in [0.1, 0.15) is 24.0 Å². The molecule has 15 heteroatoms. The van der Waals surface area contributed by atoms with Gasteiger partial charge >= 0.3 is 5.97 Å². The number of guanidine groups is 1. The molecule has 0 heterocycles. The molecule has 14 nitrogen and oxygen atoms in total. The van der Waals surface area contributed by atoms with Crippen LogP contribution in [0.25, 0.3) is 0 Å². The topological polar surface area (TPSA) is 255 Å². The minimum Gasteiger partial charge on any atom is -0.508 e. The van der Waals surface area contributed by atoms with Crippen molar-refractivity contribution in [3.8, 4) is 11.5 Å². The molecule has 0 radical (unpaired) electrons. The quantitative estimate of drug-likeness (QED) is 0.0471. The zero-order chi connectivity index (χ0) is 31.2. The van der Waals surface area contributed by atoms with Crippen LogP contribution in [-0.2, 0) is 32.0 Å². The van der Waals surface area contributed by atoms with Gasteiger partial charge in [0.25, 0.3) is 0 Å². The highest BCUT2D eigenvalue weighted by molar-refractivity contribution is 7.80. The standard InChI is InChI=1S/C27H37N7O7S/c28-19(12-15-3-7-17(35)8-4-15)23(37)33-21(13-16-5-9-18(36)10-6-16)24(38)34-22(14-42)25(39)32-20(26(40)41)2-1-11-31-27(29)30/h3-10,19-22,35-36,42H,1-2,11-14,28H2,(H,32,39)(H,33,37)(H,34,38)(H,40,41)(H4,29,30,31). The van der Waals surface area contributed by atoms with Crippen molar-refractivity contribution >= 4 is 42.3 Å². The number of benzene rings is 2. The number of rotatable bonds is 16. The molecule has 2 aromatic rings. The largest absolute Gasteiger partial charge is 0.508 e. The number of thiol groups is 1. The van der Waals surface area contributed by atoms with Crippen molar-refractivity contribution in [1.82, 2.24) is 16.0 Å². The molecule has 4 atom stereocenters. The summed E-state index contributed by atoms with van der Waals surface area (Å²) in [6, 6.07) is 7.42. The summed E-state index contributed by atoms with van der Waals surface area (Å²) in [4.78, 5) is 54.6. The molecule has 0 aliphatic carbocycles. The minimum atomic E-state index is -1.28. The molecule has 0 aliphatic heterocycles. The van der Waals surface area contributed by atoms with E-state index in [1.165, 1.54) is 24.3 Å². The second-order valence-electron chi connectivity index (χ2n) is 9.50. The molecule has 42 heavy (non-hydrogen) atoms. The summed E-state index contributed by atoms with van der Waals surface area (Å²) >= 11 is 4.13. The number of phenolic OH excluding ortho intramolecular Hbond substituents is 2. The number of nitrogens with zero attached hydrogens (tertiary/aromatic N) is 1. The van der Waals surface area contributed by atoms with Gasteiger partial charge < -0.3 is 48.5 Å². The van der Waals surface area contributed by atoms with Crippen molar-refractivity contribution in [2.24, 2.45) is 22.2 Å². The summed E-state index contributed by atoms with van der Waals surface area (Å²) < 4.78 is 0. The first kappa shape index (κ1) is 33.7. The molecule has 0 saturated carbocycles. The normalized spacial score (nSPS) is 13.6. The molecule has 12 N–H and O–H groups in total. The predicted molar refractivity (Wildman–Crippen MR) is 159 cm³/mol. The number of amides is 3. The van der Waals surface area contributed by atoms with Gasteiger partial charge in [0.15, 0.2) is 5.96 Å². The number of hydrogen-bond donors (Lipinski definition) is 10. The molecule has 0 bridgehead atoms. The van der Waals surface area contributed by atoms with E-state index in [4.69, 9.17) is 17.2 Å². The Hall–Kier alpha value is -4.50.